The Hall–Kier alpha value is -3.26. The third-order valence-electron chi connectivity index (χ3n) is 5.89. The Balaban J connectivity index is 1.65. The van der Waals surface area contributed by atoms with E-state index >= 15 is 0 Å². The minimum Gasteiger partial charge on any atom is -0.444 e. The number of ether oxygens (including phenoxy) is 1. The summed E-state index contributed by atoms with van der Waals surface area (Å²) in [5.74, 6) is -3.69. The monoisotopic (exact) mass is 499 g/mol. The molecule has 1 aliphatic heterocycles. The largest absolute Gasteiger partial charge is 0.490 e. The number of amides is 1. The van der Waals surface area contributed by atoms with Crippen molar-refractivity contribution in [2.45, 2.75) is 29.5 Å². The molecule has 8 heteroatoms. The molecule has 0 bridgehead atoms. The number of likely N-dealkylation sites (tertiary alicyclic amines) is 1. The number of hydrogen-bond acceptors (Lipinski definition) is 4. The predicted octanol–water partition coefficient (Wildman–Crippen LogP) is 5.73. The minimum atomic E-state index is -5.13. The van der Waals surface area contributed by atoms with Crippen LogP contribution in [0, 0.1) is 11.8 Å². The number of carbonyl (C=O) groups excluding carboxylic acids is 2. The fraction of sp³-hybridized carbons (Fsp3) is 0.259. The van der Waals surface area contributed by atoms with Gasteiger partial charge in [-0.25, -0.2) is 4.79 Å². The summed E-state index contributed by atoms with van der Waals surface area (Å²) in [5, 5.41) is 0. The maximum atomic E-state index is 13.5. The van der Waals surface area contributed by atoms with Crippen LogP contribution >= 0.6 is 11.8 Å². The van der Waals surface area contributed by atoms with E-state index in [4.69, 9.17) is 4.74 Å². The molecule has 1 heterocycles. The Kier molecular flexibility index (Phi) is 7.80. The molecule has 1 unspecified atom stereocenters. The fourth-order valence-corrected chi connectivity index (χ4v) is 5.39. The molecule has 0 spiro atoms. The number of thioether (sulfide) groups is 1. The van der Waals surface area contributed by atoms with Gasteiger partial charge in [0, 0.05) is 23.9 Å². The molecule has 35 heavy (non-hydrogen) atoms. The van der Waals surface area contributed by atoms with Gasteiger partial charge in [-0.1, -0.05) is 90.6 Å². The first-order valence-electron chi connectivity index (χ1n) is 11.2. The minimum absolute atomic E-state index is 0.163. The quantitative estimate of drug-likeness (QED) is 0.226. The molecule has 1 saturated heterocycles. The standard InChI is InChI=1S/C27H24F3NO3S/c28-27(29,30)26(33)34-25(35-21-14-8-3-9-15-21)23-18-31(17-20-12-6-2-7-13-20)24(32)22(23)16-19-10-4-1-5-11-19/h1-15,22-23,25H,16-18H2/t22-,23+,25?/m0/s1. The molecule has 3 atom stereocenters. The van der Waals surface area contributed by atoms with E-state index in [-0.39, 0.29) is 12.5 Å². The van der Waals surface area contributed by atoms with Gasteiger partial charge in [0.15, 0.2) is 5.44 Å². The van der Waals surface area contributed by atoms with Gasteiger partial charge in [-0.05, 0) is 29.7 Å². The first-order valence-corrected chi connectivity index (χ1v) is 12.1. The molecule has 4 rings (SSSR count). The second-order valence-electron chi connectivity index (χ2n) is 8.37. The number of esters is 1. The molecule has 3 aromatic rings. The van der Waals surface area contributed by atoms with Crippen LogP contribution in [0.4, 0.5) is 13.2 Å². The average Bonchev–Trinajstić information content (AvgIpc) is 3.15. The van der Waals surface area contributed by atoms with Crippen molar-refractivity contribution in [3.05, 3.63) is 102 Å². The van der Waals surface area contributed by atoms with Crippen LogP contribution in [0.15, 0.2) is 95.9 Å². The molecular weight excluding hydrogens is 475 g/mol. The highest BCUT2D eigenvalue weighted by Gasteiger charge is 2.49. The van der Waals surface area contributed by atoms with E-state index in [0.717, 1.165) is 22.9 Å². The van der Waals surface area contributed by atoms with Crippen molar-refractivity contribution in [3.63, 3.8) is 0 Å². The molecule has 1 fully saturated rings. The Morgan fingerprint density at radius 2 is 1.46 bits per heavy atom. The topological polar surface area (TPSA) is 46.6 Å². The Morgan fingerprint density at radius 3 is 2.03 bits per heavy atom. The lowest BCUT2D eigenvalue weighted by Gasteiger charge is -2.27. The van der Waals surface area contributed by atoms with Crippen LogP contribution in [0.25, 0.3) is 0 Å². The van der Waals surface area contributed by atoms with Gasteiger partial charge in [-0.2, -0.15) is 13.2 Å². The zero-order valence-corrected chi connectivity index (χ0v) is 19.5. The van der Waals surface area contributed by atoms with Gasteiger partial charge in [0.1, 0.15) is 0 Å². The van der Waals surface area contributed by atoms with Crippen molar-refractivity contribution in [2.24, 2.45) is 11.8 Å². The van der Waals surface area contributed by atoms with E-state index in [1.165, 1.54) is 0 Å². The average molecular weight is 500 g/mol. The van der Waals surface area contributed by atoms with Crippen molar-refractivity contribution >= 4 is 23.6 Å². The Bertz CT molecular complexity index is 1130. The lowest BCUT2D eigenvalue weighted by atomic mass is 9.89. The summed E-state index contributed by atoms with van der Waals surface area (Å²) in [7, 11) is 0. The number of alkyl halides is 3. The van der Waals surface area contributed by atoms with Crippen LogP contribution in [-0.2, 0) is 27.3 Å². The van der Waals surface area contributed by atoms with Crippen LogP contribution in [-0.4, -0.2) is 34.9 Å². The third-order valence-corrected chi connectivity index (χ3v) is 7.11. The maximum Gasteiger partial charge on any atom is 0.490 e. The van der Waals surface area contributed by atoms with E-state index in [1.54, 1.807) is 35.2 Å². The highest BCUT2D eigenvalue weighted by molar-refractivity contribution is 7.99. The van der Waals surface area contributed by atoms with E-state index in [1.807, 2.05) is 60.7 Å². The van der Waals surface area contributed by atoms with Crippen molar-refractivity contribution < 1.29 is 27.5 Å². The summed E-state index contributed by atoms with van der Waals surface area (Å²) < 4.78 is 44.5. The number of rotatable bonds is 8. The first kappa shape index (κ1) is 24.9. The van der Waals surface area contributed by atoms with Crippen LogP contribution in [0.1, 0.15) is 11.1 Å². The van der Waals surface area contributed by atoms with Gasteiger partial charge in [0.2, 0.25) is 5.91 Å². The molecule has 3 aromatic carbocycles. The molecule has 4 nitrogen and oxygen atoms in total. The normalized spacial score (nSPS) is 18.9. The summed E-state index contributed by atoms with van der Waals surface area (Å²) in [4.78, 5) is 27.7. The van der Waals surface area contributed by atoms with Gasteiger partial charge >= 0.3 is 12.1 Å². The maximum absolute atomic E-state index is 13.5. The lowest BCUT2D eigenvalue weighted by molar-refractivity contribution is -0.203. The van der Waals surface area contributed by atoms with E-state index in [2.05, 4.69) is 0 Å². The van der Waals surface area contributed by atoms with Gasteiger partial charge in [-0.3, -0.25) is 4.79 Å². The number of halogens is 3. The summed E-state index contributed by atoms with van der Waals surface area (Å²) in [6.45, 7) is 0.512. The van der Waals surface area contributed by atoms with Crippen molar-refractivity contribution in [2.75, 3.05) is 6.54 Å². The molecule has 1 aliphatic rings. The van der Waals surface area contributed by atoms with Crippen molar-refractivity contribution in [3.8, 4) is 0 Å². The fourth-order valence-electron chi connectivity index (χ4n) is 4.22. The number of nitrogens with zero attached hydrogens (tertiary/aromatic N) is 1. The second-order valence-corrected chi connectivity index (χ2v) is 9.54. The van der Waals surface area contributed by atoms with Gasteiger partial charge in [0.05, 0.1) is 5.92 Å². The zero-order valence-electron chi connectivity index (χ0n) is 18.7. The summed E-state index contributed by atoms with van der Waals surface area (Å²) in [5.41, 5.74) is 0.618. The molecular formula is C27H24F3NO3S. The SMILES string of the molecule is O=C1[C@@H](Cc2ccccc2)[C@H](C(OC(=O)C(F)(F)F)Sc2ccccc2)CN1Cc1ccccc1. The van der Waals surface area contributed by atoms with Gasteiger partial charge < -0.3 is 9.64 Å². The predicted molar refractivity (Wildman–Crippen MR) is 127 cm³/mol. The van der Waals surface area contributed by atoms with E-state index in [9.17, 15) is 22.8 Å². The van der Waals surface area contributed by atoms with Crippen LogP contribution < -0.4 is 0 Å². The number of carbonyl (C=O) groups is 2. The second kappa shape index (κ2) is 11.0. The van der Waals surface area contributed by atoms with Gasteiger partial charge in [-0.15, -0.1) is 0 Å². The summed E-state index contributed by atoms with van der Waals surface area (Å²) in [6.07, 6.45) is -4.79. The zero-order chi connectivity index (χ0) is 24.8. The molecule has 1 amide bonds. The number of hydrogen-bond donors (Lipinski definition) is 0. The van der Waals surface area contributed by atoms with Crippen LogP contribution in [0.3, 0.4) is 0 Å². The highest BCUT2D eigenvalue weighted by Crippen LogP contribution is 2.40. The van der Waals surface area contributed by atoms with Crippen LogP contribution in [0.2, 0.25) is 0 Å². The van der Waals surface area contributed by atoms with E-state index in [0.29, 0.717) is 17.9 Å². The smallest absolute Gasteiger partial charge is 0.444 e. The molecule has 0 saturated carbocycles. The number of benzene rings is 3. The van der Waals surface area contributed by atoms with Crippen molar-refractivity contribution in [1.82, 2.24) is 4.90 Å². The Morgan fingerprint density at radius 1 is 0.914 bits per heavy atom. The molecule has 182 valence electrons. The van der Waals surface area contributed by atoms with E-state index < -0.39 is 29.4 Å². The third kappa shape index (κ3) is 6.45. The molecule has 0 aliphatic carbocycles. The highest BCUT2D eigenvalue weighted by atomic mass is 32.2. The summed E-state index contributed by atoms with van der Waals surface area (Å²) >= 11 is 1.03. The van der Waals surface area contributed by atoms with Gasteiger partial charge in [0.25, 0.3) is 0 Å². The van der Waals surface area contributed by atoms with Crippen LogP contribution in [0.5, 0.6) is 0 Å². The molecule has 0 N–H and O–H groups in total. The summed E-state index contributed by atoms with van der Waals surface area (Å²) in [6, 6.07) is 27.5. The first-order chi connectivity index (χ1) is 16.8. The lowest BCUT2D eigenvalue weighted by Crippen LogP contribution is -2.36. The Labute approximate surface area is 206 Å². The van der Waals surface area contributed by atoms with Crippen molar-refractivity contribution in [1.29, 1.82) is 0 Å². The molecule has 0 aromatic heterocycles. The molecule has 0 radical (unpaired) electrons.